The molecule has 0 aliphatic carbocycles. The molecule has 0 amide bonds. The Kier molecular flexibility index (Phi) is 6.16. The molecular weight excluding hydrogens is 572 g/mol. The highest BCUT2D eigenvalue weighted by molar-refractivity contribution is 7.87. The van der Waals surface area contributed by atoms with E-state index in [-0.39, 0.29) is 10.9 Å². The number of hydrogen-bond acceptors (Lipinski definition) is 6. The van der Waals surface area contributed by atoms with Gasteiger partial charge in [0.25, 0.3) is 0 Å². The van der Waals surface area contributed by atoms with Crippen LogP contribution in [0, 0.1) is 0 Å². The topological polar surface area (TPSA) is 117 Å². The second-order valence-electron chi connectivity index (χ2n) is 12.8. The number of para-hydroxylation sites is 1. The van der Waals surface area contributed by atoms with E-state index in [2.05, 4.69) is 13.8 Å². The molecule has 0 bridgehead atoms. The van der Waals surface area contributed by atoms with Gasteiger partial charge in [-0.05, 0) is 50.6 Å². The summed E-state index contributed by atoms with van der Waals surface area (Å²) in [6, 6.07) is 19.3. The van der Waals surface area contributed by atoms with Crippen LogP contribution >= 0.6 is 0 Å². The van der Waals surface area contributed by atoms with Gasteiger partial charge in [-0.15, -0.1) is 0 Å². The van der Waals surface area contributed by atoms with Crippen LogP contribution in [0.3, 0.4) is 0 Å². The highest BCUT2D eigenvalue weighted by Crippen LogP contribution is 2.63. The van der Waals surface area contributed by atoms with Gasteiger partial charge in [0.2, 0.25) is 16.4 Å². The number of rotatable bonds is 5. The van der Waals surface area contributed by atoms with E-state index in [1.165, 1.54) is 4.58 Å². The maximum Gasteiger partial charge on any atom is 0.237 e. The molecule has 1 saturated heterocycles. The predicted molar refractivity (Wildman–Crippen MR) is 163 cm³/mol. The highest BCUT2D eigenvalue weighted by atomic mass is 32.2. The highest BCUT2D eigenvalue weighted by Gasteiger charge is 2.71. The van der Waals surface area contributed by atoms with Gasteiger partial charge in [0.1, 0.15) is 11.4 Å². The summed E-state index contributed by atoms with van der Waals surface area (Å²) in [5, 5.41) is 2.04. The van der Waals surface area contributed by atoms with E-state index in [4.69, 9.17) is 0 Å². The quantitative estimate of drug-likeness (QED) is 0.226. The first-order valence-corrected chi connectivity index (χ1v) is 16.9. The molecule has 1 fully saturated rings. The lowest BCUT2D eigenvalue weighted by atomic mass is 9.80. The van der Waals surface area contributed by atoms with Crippen molar-refractivity contribution >= 4 is 48.1 Å². The molecule has 42 heavy (non-hydrogen) atoms. The Morgan fingerprint density at radius 1 is 0.881 bits per heavy atom. The monoisotopic (exact) mass is 606 g/mol. The molecule has 0 radical (unpaired) electrons. The van der Waals surface area contributed by atoms with Crippen molar-refractivity contribution in [3.05, 3.63) is 95.7 Å². The van der Waals surface area contributed by atoms with Crippen LogP contribution in [-0.4, -0.2) is 53.5 Å². The molecule has 3 aliphatic heterocycles. The number of fused-ring (bicyclic) bond motifs is 5. The van der Waals surface area contributed by atoms with Crippen LogP contribution < -0.4 is 4.48 Å². The minimum Gasteiger partial charge on any atom is -0.743 e. The Labute approximate surface area is 247 Å². The minimum atomic E-state index is -4.72. The maximum absolute atomic E-state index is 12.9. The number of quaternary nitrogens is 1. The molecule has 2 atom stereocenters. The second kappa shape index (κ2) is 8.93. The van der Waals surface area contributed by atoms with Gasteiger partial charge in [0, 0.05) is 36.3 Å². The molecule has 3 heterocycles. The zero-order valence-corrected chi connectivity index (χ0v) is 25.9. The predicted octanol–water partition coefficient (Wildman–Crippen LogP) is 5.12. The molecule has 1 spiro atoms. The van der Waals surface area contributed by atoms with E-state index in [1.54, 1.807) is 31.2 Å². The van der Waals surface area contributed by atoms with Crippen molar-refractivity contribution in [1.82, 2.24) is 4.48 Å². The molecular formula is C32H34N2O6S2. The molecule has 10 heteroatoms. The van der Waals surface area contributed by atoms with Gasteiger partial charge in [-0.1, -0.05) is 48.5 Å². The third-order valence-electron chi connectivity index (χ3n) is 9.85. The van der Waals surface area contributed by atoms with Crippen molar-refractivity contribution in [3.63, 3.8) is 0 Å². The van der Waals surface area contributed by atoms with Crippen molar-refractivity contribution in [2.45, 2.75) is 56.7 Å². The van der Waals surface area contributed by atoms with E-state index < -0.39 is 41.8 Å². The molecule has 3 aromatic carbocycles. The summed E-state index contributed by atoms with van der Waals surface area (Å²) in [5.74, 6) is -0.709. The van der Waals surface area contributed by atoms with E-state index in [0.717, 1.165) is 33.3 Å². The van der Waals surface area contributed by atoms with Gasteiger partial charge in [0.15, 0.2) is 25.9 Å². The lowest BCUT2D eigenvalue weighted by Gasteiger charge is -2.58. The second-order valence-corrected chi connectivity index (χ2v) is 15.9. The number of nitrogens with zero attached hydrogens (tertiary/aromatic N) is 2. The van der Waals surface area contributed by atoms with Crippen molar-refractivity contribution in [2.75, 3.05) is 12.4 Å². The first-order chi connectivity index (χ1) is 19.5. The van der Waals surface area contributed by atoms with Gasteiger partial charge < -0.3 is 9.11 Å². The van der Waals surface area contributed by atoms with E-state index in [9.17, 15) is 25.9 Å². The van der Waals surface area contributed by atoms with Crippen LogP contribution in [0.5, 0.6) is 0 Å². The Balaban J connectivity index is 1.58. The smallest absolute Gasteiger partial charge is 0.237 e. The summed E-state index contributed by atoms with van der Waals surface area (Å²) >= 11 is 0. The first-order valence-electron chi connectivity index (χ1n) is 13.9. The summed E-state index contributed by atoms with van der Waals surface area (Å²) in [6.07, 6.45) is 5.72. The van der Waals surface area contributed by atoms with Gasteiger partial charge in [0.05, 0.1) is 23.8 Å². The average molecular weight is 607 g/mol. The molecule has 8 nitrogen and oxygen atoms in total. The molecule has 0 aromatic heterocycles. The van der Waals surface area contributed by atoms with Crippen LogP contribution in [0.1, 0.15) is 52.2 Å². The summed E-state index contributed by atoms with van der Waals surface area (Å²) < 4.78 is 75.9. The Bertz CT molecular complexity index is 1990. The molecule has 0 saturated carbocycles. The van der Waals surface area contributed by atoms with Crippen LogP contribution in [0.2, 0.25) is 0 Å². The number of benzene rings is 3. The summed E-state index contributed by atoms with van der Waals surface area (Å²) in [6.45, 7) is 10.1. The maximum atomic E-state index is 12.9. The fraction of sp³-hybridized carbons (Fsp3) is 0.344. The molecule has 220 valence electrons. The normalized spacial score (nSPS) is 27.2. The molecule has 3 aliphatic rings. The van der Waals surface area contributed by atoms with Gasteiger partial charge >= 0.3 is 0 Å². The Morgan fingerprint density at radius 3 is 2.19 bits per heavy atom. The largest absolute Gasteiger partial charge is 0.743 e. The van der Waals surface area contributed by atoms with Crippen LogP contribution in [-0.2, 0) is 31.1 Å². The molecule has 6 rings (SSSR count). The van der Waals surface area contributed by atoms with Crippen LogP contribution in [0.15, 0.2) is 84.6 Å². The summed E-state index contributed by atoms with van der Waals surface area (Å²) in [4.78, 5) is -1.59. The van der Waals surface area contributed by atoms with Crippen molar-refractivity contribution in [1.29, 1.82) is 0 Å². The fourth-order valence-corrected chi connectivity index (χ4v) is 9.30. The van der Waals surface area contributed by atoms with Gasteiger partial charge in [-0.25, -0.2) is 21.3 Å². The van der Waals surface area contributed by atoms with E-state index in [1.807, 2.05) is 68.5 Å². The molecule has 0 N–H and O–H groups in total. The summed E-state index contributed by atoms with van der Waals surface area (Å²) in [5.41, 5.74) is 3.54. The SMILES string of the molecule is CC1(C)C(C=CC=C2C(C)(C)c3c(ccc4ccccc34)[N+]23CCC3(C)S(=O)(=O)[O-])=[N+](CS(=O)(=O)[O-])c2ccccc21. The summed E-state index contributed by atoms with van der Waals surface area (Å²) in [7, 11) is -9.31. The zero-order valence-electron chi connectivity index (χ0n) is 24.3. The molecule has 2 unspecified atom stereocenters. The molecule has 3 aromatic rings. The Morgan fingerprint density at radius 2 is 1.55 bits per heavy atom. The van der Waals surface area contributed by atoms with Crippen LogP contribution in [0.25, 0.3) is 10.8 Å². The first kappa shape index (κ1) is 28.9. The van der Waals surface area contributed by atoms with E-state index in [0.29, 0.717) is 17.9 Å². The lowest BCUT2D eigenvalue weighted by molar-refractivity contribution is -0.416. The van der Waals surface area contributed by atoms with Crippen molar-refractivity contribution < 1.29 is 30.5 Å². The minimum absolute atomic E-state index is 0.0755. The van der Waals surface area contributed by atoms with Crippen LogP contribution in [0.4, 0.5) is 11.4 Å². The third-order valence-corrected chi connectivity index (χ3v) is 12.0. The standard InChI is InChI=1S/C32H34N2O6S2/c1-30(2)24-13-8-9-14-25(24)33(21-41(35,36)37)27(30)15-10-16-28-31(3,4)29-23-12-7-6-11-22(23)17-18-26(29)34(28)20-19-32(34,5)42(38,39)40/h6-18H,19-21H2,1-5H3. The Hall–Kier alpha value is -3.15. The van der Waals surface area contributed by atoms with Gasteiger partial charge in [-0.3, -0.25) is 0 Å². The lowest BCUT2D eigenvalue weighted by Crippen LogP contribution is -2.76. The fourth-order valence-electron chi connectivity index (χ4n) is 7.69. The van der Waals surface area contributed by atoms with E-state index >= 15 is 0 Å². The van der Waals surface area contributed by atoms with Gasteiger partial charge in [-0.2, -0.15) is 4.58 Å². The van der Waals surface area contributed by atoms with Crippen molar-refractivity contribution in [3.8, 4) is 0 Å². The third kappa shape index (κ3) is 3.79. The average Bonchev–Trinajstić information content (AvgIpc) is 3.24. The number of hydrogen-bond donors (Lipinski definition) is 0. The number of allylic oxidation sites excluding steroid dienone is 4. The zero-order chi connectivity index (χ0) is 30.5. The van der Waals surface area contributed by atoms with Crippen molar-refractivity contribution in [2.24, 2.45) is 0 Å².